The predicted octanol–water partition coefficient (Wildman–Crippen LogP) is 5.35. The average Bonchev–Trinajstić information content (AvgIpc) is 3.20. The minimum Gasteiger partial charge on any atom is -0.493 e. The number of fused-ring (bicyclic) bond motifs is 2. The molecule has 2 aliphatic rings. The van der Waals surface area contributed by atoms with E-state index in [0.717, 1.165) is 69.8 Å². The smallest absolute Gasteiger partial charge is 0.493 e. The lowest BCUT2D eigenvalue weighted by molar-refractivity contribution is -0.275. The summed E-state index contributed by atoms with van der Waals surface area (Å²) in [6.07, 6.45) is -6.19. The quantitative estimate of drug-likeness (QED) is 0.203. The van der Waals surface area contributed by atoms with Gasteiger partial charge in [0.15, 0.2) is 11.5 Å². The fraction of sp³-hybridized carbons (Fsp3) is 0.282. The number of hydrogen-bond donors (Lipinski definition) is 2. The third-order valence-corrected chi connectivity index (χ3v) is 9.30. The molecule has 6 heterocycles. The second-order valence-electron chi connectivity index (χ2n) is 13.2. The number of halogens is 6. The Labute approximate surface area is 326 Å². The Morgan fingerprint density at radius 3 is 1.57 bits per heavy atom. The molecule has 0 radical (unpaired) electrons. The van der Waals surface area contributed by atoms with Crippen molar-refractivity contribution in [1.82, 2.24) is 29.4 Å². The summed E-state index contributed by atoms with van der Waals surface area (Å²) in [4.78, 5) is 38.5. The number of methoxy groups -OCH3 is 1. The molecule has 2 saturated heterocycles. The van der Waals surface area contributed by atoms with E-state index in [-0.39, 0.29) is 34.0 Å². The van der Waals surface area contributed by atoms with Gasteiger partial charge < -0.3 is 34.6 Å². The van der Waals surface area contributed by atoms with E-state index in [4.69, 9.17) is 4.74 Å². The summed E-state index contributed by atoms with van der Waals surface area (Å²) < 4.78 is 91.2. The highest BCUT2D eigenvalue weighted by atomic mass is 19.4. The average molecular weight is 811 g/mol. The van der Waals surface area contributed by atoms with Gasteiger partial charge in [-0.1, -0.05) is 12.1 Å². The fourth-order valence-corrected chi connectivity index (χ4v) is 6.59. The Morgan fingerprint density at radius 2 is 1.09 bits per heavy atom. The van der Waals surface area contributed by atoms with Crippen LogP contribution in [0.3, 0.4) is 0 Å². The molecule has 304 valence electrons. The van der Waals surface area contributed by atoms with E-state index in [0.29, 0.717) is 22.4 Å². The van der Waals surface area contributed by atoms with Gasteiger partial charge in [0.1, 0.15) is 17.0 Å². The summed E-state index contributed by atoms with van der Waals surface area (Å²) in [6.45, 7) is 6.84. The highest BCUT2D eigenvalue weighted by molar-refractivity contribution is 5.67. The summed E-state index contributed by atoms with van der Waals surface area (Å²) in [5.41, 5.74) is 3.21. The van der Waals surface area contributed by atoms with E-state index in [9.17, 15) is 35.9 Å². The second kappa shape index (κ2) is 16.6. The van der Waals surface area contributed by atoms with Crippen molar-refractivity contribution in [3.05, 3.63) is 112 Å². The summed E-state index contributed by atoms with van der Waals surface area (Å²) >= 11 is 0. The van der Waals surface area contributed by atoms with E-state index in [1.807, 2.05) is 12.1 Å². The van der Waals surface area contributed by atoms with Crippen molar-refractivity contribution in [2.75, 3.05) is 69.3 Å². The van der Waals surface area contributed by atoms with Gasteiger partial charge in [0.25, 0.3) is 11.1 Å². The number of ether oxygens (including phenoxy) is 3. The van der Waals surface area contributed by atoms with Crippen molar-refractivity contribution in [3.63, 3.8) is 0 Å². The maximum absolute atomic E-state index is 12.7. The largest absolute Gasteiger partial charge is 0.573 e. The number of anilines is 2. The van der Waals surface area contributed by atoms with Gasteiger partial charge >= 0.3 is 12.7 Å². The number of pyridine rings is 2. The number of benzene rings is 2. The first-order chi connectivity index (χ1) is 27.7. The number of nitrogens with zero attached hydrogens (tertiary/aromatic N) is 6. The van der Waals surface area contributed by atoms with Crippen LogP contribution in [0, 0.1) is 0 Å². The topological polar surface area (TPSA) is 127 Å². The molecule has 0 unspecified atom stereocenters. The molecule has 58 heavy (non-hydrogen) atoms. The van der Waals surface area contributed by atoms with E-state index < -0.39 is 18.5 Å². The first-order valence-corrected chi connectivity index (χ1v) is 18.0. The van der Waals surface area contributed by atoms with Crippen LogP contribution in [0.15, 0.2) is 101 Å². The Balaban J connectivity index is 0.000000177. The molecule has 2 fully saturated rings. The molecule has 13 nitrogen and oxygen atoms in total. The molecule has 2 N–H and O–H groups in total. The molecular weight excluding hydrogens is 774 g/mol. The Hall–Kier alpha value is -6.34. The zero-order chi connectivity index (χ0) is 41.0. The number of nitrogens with one attached hydrogen (secondary N) is 2. The molecule has 0 saturated carbocycles. The van der Waals surface area contributed by atoms with Crippen LogP contribution in [0.1, 0.15) is 0 Å². The first kappa shape index (κ1) is 39.9. The molecule has 4 aromatic heterocycles. The monoisotopic (exact) mass is 810 g/mol. The van der Waals surface area contributed by atoms with Gasteiger partial charge in [-0.05, 0) is 54.6 Å². The molecule has 2 aromatic carbocycles. The van der Waals surface area contributed by atoms with Gasteiger partial charge in [-0.2, -0.15) is 0 Å². The van der Waals surface area contributed by atoms with Crippen molar-refractivity contribution in [3.8, 4) is 39.8 Å². The molecule has 8 rings (SSSR count). The van der Waals surface area contributed by atoms with Gasteiger partial charge in [0, 0.05) is 88.0 Å². The lowest BCUT2D eigenvalue weighted by Gasteiger charge is -2.29. The van der Waals surface area contributed by atoms with Gasteiger partial charge in [0.2, 0.25) is 0 Å². The summed E-state index contributed by atoms with van der Waals surface area (Å²) in [5.74, 6) is -0.936. The van der Waals surface area contributed by atoms with Gasteiger partial charge in [-0.15, -0.1) is 26.3 Å². The summed E-state index contributed by atoms with van der Waals surface area (Å²) in [5, 5.41) is 6.55. The zero-order valence-electron chi connectivity index (χ0n) is 30.8. The van der Waals surface area contributed by atoms with Gasteiger partial charge in [0.05, 0.1) is 29.9 Å². The SMILES string of the molecule is COc1ccc(-c2cc(=O)n3cc(N4CCNCC4)ccc3n2)cc1OC(F)(F)F.O=c1cc(-c2cccc(OC(F)(F)F)c2)nc2ccc(N3CCNCC3)cn12. The molecule has 0 atom stereocenters. The van der Waals surface area contributed by atoms with Crippen LogP contribution in [0.4, 0.5) is 37.7 Å². The van der Waals surface area contributed by atoms with E-state index in [1.54, 1.807) is 30.6 Å². The lowest BCUT2D eigenvalue weighted by atomic mass is 10.1. The minimum atomic E-state index is -4.87. The second-order valence-corrected chi connectivity index (χ2v) is 13.2. The normalized spacial score (nSPS) is 14.9. The maximum atomic E-state index is 12.7. The molecule has 0 spiro atoms. The Bertz CT molecular complexity index is 2530. The predicted molar refractivity (Wildman–Crippen MR) is 204 cm³/mol. The van der Waals surface area contributed by atoms with Crippen LogP contribution in [0.25, 0.3) is 33.8 Å². The Kier molecular flexibility index (Phi) is 11.4. The minimum absolute atomic E-state index is 0.0748. The first-order valence-electron chi connectivity index (χ1n) is 18.0. The third-order valence-electron chi connectivity index (χ3n) is 9.30. The van der Waals surface area contributed by atoms with Crippen molar-refractivity contribution < 1.29 is 40.6 Å². The standard InChI is InChI=1S/C20H19F3N4O3.C19H17F3N4O2/c1-29-16-4-2-13(10-17(16)30-20(21,22)23)15-11-19(28)27-12-14(3-5-18(27)25-15)26-8-6-24-7-9-26;20-19(21,22)28-15-3-1-2-13(10-15)16-11-18(27)26-12-14(4-5-17(26)24-16)25-8-6-23-7-9-25/h2-5,10-12,24H,6-9H2,1H3;1-5,10-12,23H,6-9H2. The molecule has 19 heteroatoms. The number of piperazine rings is 2. The van der Waals surface area contributed by atoms with Crippen molar-refractivity contribution in [1.29, 1.82) is 0 Å². The summed E-state index contributed by atoms with van der Waals surface area (Å²) in [7, 11) is 1.24. The van der Waals surface area contributed by atoms with E-state index >= 15 is 0 Å². The Morgan fingerprint density at radius 1 is 0.586 bits per heavy atom. The number of rotatable bonds is 7. The van der Waals surface area contributed by atoms with Crippen LogP contribution < -0.4 is 45.8 Å². The molecule has 2 aliphatic heterocycles. The van der Waals surface area contributed by atoms with Crippen molar-refractivity contribution in [2.24, 2.45) is 0 Å². The maximum Gasteiger partial charge on any atom is 0.573 e. The third kappa shape index (κ3) is 9.60. The van der Waals surface area contributed by atoms with Crippen LogP contribution in [0.2, 0.25) is 0 Å². The van der Waals surface area contributed by atoms with Gasteiger partial charge in [-0.3, -0.25) is 18.4 Å². The van der Waals surface area contributed by atoms with Crippen LogP contribution in [-0.2, 0) is 0 Å². The van der Waals surface area contributed by atoms with Crippen molar-refractivity contribution >= 4 is 22.7 Å². The van der Waals surface area contributed by atoms with E-state index in [1.165, 1.54) is 58.4 Å². The highest BCUT2D eigenvalue weighted by Crippen LogP contribution is 2.35. The van der Waals surface area contributed by atoms with Crippen LogP contribution in [0.5, 0.6) is 17.2 Å². The molecule has 0 aliphatic carbocycles. The van der Waals surface area contributed by atoms with Gasteiger partial charge in [-0.25, -0.2) is 9.97 Å². The van der Waals surface area contributed by atoms with Crippen molar-refractivity contribution in [2.45, 2.75) is 12.7 Å². The number of alkyl halides is 6. The lowest BCUT2D eigenvalue weighted by Crippen LogP contribution is -2.43. The fourth-order valence-electron chi connectivity index (χ4n) is 6.59. The van der Waals surface area contributed by atoms with Crippen LogP contribution in [-0.4, -0.2) is 91.0 Å². The van der Waals surface area contributed by atoms with Crippen LogP contribution >= 0.6 is 0 Å². The molecule has 0 bridgehead atoms. The number of hydrogen-bond acceptors (Lipinski definition) is 11. The number of aromatic nitrogens is 4. The molecular formula is C39H36F6N8O5. The zero-order valence-corrected chi connectivity index (χ0v) is 30.8. The molecule has 6 aromatic rings. The molecule has 0 amide bonds. The summed E-state index contributed by atoms with van der Waals surface area (Å²) in [6, 6.07) is 19.2. The van der Waals surface area contributed by atoms with E-state index in [2.05, 4.69) is 39.9 Å². The highest BCUT2D eigenvalue weighted by Gasteiger charge is 2.33.